The lowest BCUT2D eigenvalue weighted by Crippen LogP contribution is -2.44. The Kier molecular flexibility index (Phi) is 4.48. The third kappa shape index (κ3) is 3.10. The zero-order chi connectivity index (χ0) is 13.9. The molecule has 2 aliphatic rings. The van der Waals surface area contributed by atoms with E-state index in [1.807, 2.05) is 0 Å². The lowest BCUT2D eigenvalue weighted by atomic mass is 10.1. The second-order valence-electron chi connectivity index (χ2n) is 5.50. The Bertz CT molecular complexity index is 462. The van der Waals surface area contributed by atoms with Crippen LogP contribution in [-0.4, -0.2) is 45.4 Å². The molecule has 1 aromatic carbocycles. The molecule has 2 saturated heterocycles. The maximum atomic E-state index is 6.13. The minimum Gasteiger partial charge on any atom is -0.378 e. The van der Waals surface area contributed by atoms with Crippen molar-refractivity contribution in [2.75, 3.05) is 49.2 Å². The standard InChI is InChI=1S/C15H21BrN3O/c16-12-3-4-14(19-5-1-2-13(17)11-19)15(10-12)18-6-8-20-9-7-18/h4,10,13H,1-2,5-9,11,17H2/t13-/m1/s1. The minimum atomic E-state index is 0.282. The fourth-order valence-corrected chi connectivity index (χ4v) is 3.32. The summed E-state index contributed by atoms with van der Waals surface area (Å²) in [6, 6.07) is 7.81. The molecule has 4 nitrogen and oxygen atoms in total. The summed E-state index contributed by atoms with van der Waals surface area (Å²) in [6.07, 6.45) is 2.30. The van der Waals surface area contributed by atoms with Crippen LogP contribution in [0.1, 0.15) is 12.8 Å². The molecular formula is C15H21BrN3O. The Morgan fingerprint density at radius 1 is 1.20 bits per heavy atom. The number of hydrogen-bond acceptors (Lipinski definition) is 4. The van der Waals surface area contributed by atoms with E-state index in [9.17, 15) is 0 Å². The molecule has 2 aliphatic heterocycles. The summed E-state index contributed by atoms with van der Waals surface area (Å²) in [6.45, 7) is 5.52. The van der Waals surface area contributed by atoms with E-state index < -0.39 is 0 Å². The average molecular weight is 339 g/mol. The van der Waals surface area contributed by atoms with Crippen LogP contribution in [0.2, 0.25) is 0 Å². The third-order valence-corrected chi connectivity index (χ3v) is 4.48. The van der Waals surface area contributed by atoms with E-state index in [-0.39, 0.29) is 6.04 Å². The van der Waals surface area contributed by atoms with Gasteiger partial charge in [0.2, 0.25) is 0 Å². The van der Waals surface area contributed by atoms with E-state index in [1.54, 1.807) is 0 Å². The maximum absolute atomic E-state index is 6.13. The van der Waals surface area contributed by atoms with Crippen LogP contribution in [0, 0.1) is 6.07 Å². The summed E-state index contributed by atoms with van der Waals surface area (Å²) < 4.78 is 6.46. The second-order valence-corrected chi connectivity index (χ2v) is 6.35. The largest absolute Gasteiger partial charge is 0.378 e. The van der Waals surface area contributed by atoms with Crippen LogP contribution >= 0.6 is 15.9 Å². The van der Waals surface area contributed by atoms with Crippen LogP contribution in [0.15, 0.2) is 16.6 Å². The maximum Gasteiger partial charge on any atom is 0.0642 e. The van der Waals surface area contributed by atoms with Gasteiger partial charge in [0.05, 0.1) is 24.6 Å². The van der Waals surface area contributed by atoms with Crippen molar-refractivity contribution in [3.05, 3.63) is 22.7 Å². The number of ether oxygens (including phenoxy) is 1. The molecule has 3 rings (SSSR count). The molecule has 5 heteroatoms. The number of nitrogens with two attached hydrogens (primary N) is 1. The van der Waals surface area contributed by atoms with Gasteiger partial charge in [0.1, 0.15) is 0 Å². The second kappa shape index (κ2) is 6.33. The molecule has 0 aliphatic carbocycles. The third-order valence-electron chi connectivity index (χ3n) is 4.02. The van der Waals surface area contributed by atoms with Gasteiger partial charge in [0.15, 0.2) is 0 Å². The van der Waals surface area contributed by atoms with E-state index in [0.29, 0.717) is 0 Å². The number of benzene rings is 1. The van der Waals surface area contributed by atoms with Crippen molar-refractivity contribution in [3.63, 3.8) is 0 Å². The van der Waals surface area contributed by atoms with E-state index in [0.717, 1.165) is 50.3 Å². The first-order valence-electron chi connectivity index (χ1n) is 7.28. The van der Waals surface area contributed by atoms with Gasteiger partial charge in [-0.05, 0) is 31.0 Å². The number of rotatable bonds is 2. The van der Waals surface area contributed by atoms with E-state index >= 15 is 0 Å². The van der Waals surface area contributed by atoms with Crippen LogP contribution in [0.25, 0.3) is 0 Å². The monoisotopic (exact) mass is 338 g/mol. The van der Waals surface area contributed by atoms with Crippen molar-refractivity contribution in [3.8, 4) is 0 Å². The SMILES string of the molecule is N[C@@H]1CCCN(c2c[c]c(Br)cc2N2CCOCC2)C1. The Morgan fingerprint density at radius 3 is 2.75 bits per heavy atom. The zero-order valence-electron chi connectivity index (χ0n) is 11.6. The minimum absolute atomic E-state index is 0.282. The Morgan fingerprint density at radius 2 is 2.00 bits per heavy atom. The average Bonchev–Trinajstić information content (AvgIpc) is 2.48. The van der Waals surface area contributed by atoms with E-state index in [1.165, 1.54) is 17.8 Å². The first-order chi connectivity index (χ1) is 9.74. The molecule has 109 valence electrons. The van der Waals surface area contributed by atoms with E-state index in [4.69, 9.17) is 10.5 Å². The summed E-state index contributed by atoms with van der Waals surface area (Å²) >= 11 is 3.54. The topological polar surface area (TPSA) is 41.7 Å². The molecule has 2 heterocycles. The van der Waals surface area contributed by atoms with Crippen molar-refractivity contribution in [2.24, 2.45) is 5.73 Å². The van der Waals surface area contributed by atoms with Gasteiger partial charge in [-0.25, -0.2) is 0 Å². The summed E-state index contributed by atoms with van der Waals surface area (Å²) in [5.41, 5.74) is 8.65. The van der Waals surface area contributed by atoms with Gasteiger partial charge < -0.3 is 20.3 Å². The Labute approximate surface area is 129 Å². The number of piperidine rings is 1. The first kappa shape index (κ1) is 14.2. The van der Waals surface area contributed by atoms with Gasteiger partial charge >= 0.3 is 0 Å². The normalized spacial score (nSPS) is 24.0. The zero-order valence-corrected chi connectivity index (χ0v) is 13.2. The number of halogens is 1. The molecule has 2 fully saturated rings. The summed E-state index contributed by atoms with van der Waals surface area (Å²) in [5.74, 6) is 0. The van der Waals surface area contributed by atoms with Gasteiger partial charge in [-0.1, -0.05) is 15.9 Å². The lowest BCUT2D eigenvalue weighted by Gasteiger charge is -2.37. The molecule has 1 radical (unpaired) electrons. The van der Waals surface area contributed by atoms with Crippen molar-refractivity contribution in [2.45, 2.75) is 18.9 Å². The van der Waals surface area contributed by atoms with Crippen LogP contribution in [0.4, 0.5) is 11.4 Å². The smallest absolute Gasteiger partial charge is 0.0642 e. The fraction of sp³-hybridized carbons (Fsp3) is 0.600. The molecular weight excluding hydrogens is 318 g/mol. The Hall–Kier alpha value is -0.780. The lowest BCUT2D eigenvalue weighted by molar-refractivity contribution is 0.122. The number of anilines is 2. The van der Waals surface area contributed by atoms with Gasteiger partial charge in [-0.3, -0.25) is 0 Å². The van der Waals surface area contributed by atoms with Gasteiger partial charge in [0.25, 0.3) is 0 Å². The quantitative estimate of drug-likeness (QED) is 0.895. The summed E-state index contributed by atoms with van der Waals surface area (Å²) in [5, 5.41) is 0. The van der Waals surface area contributed by atoms with Crippen molar-refractivity contribution >= 4 is 27.3 Å². The van der Waals surface area contributed by atoms with Crippen molar-refractivity contribution in [1.29, 1.82) is 0 Å². The molecule has 0 unspecified atom stereocenters. The van der Waals surface area contributed by atoms with E-state index in [2.05, 4.69) is 43.9 Å². The van der Waals surface area contributed by atoms with Crippen LogP contribution in [0.5, 0.6) is 0 Å². The molecule has 1 atom stereocenters. The highest BCUT2D eigenvalue weighted by Crippen LogP contribution is 2.34. The van der Waals surface area contributed by atoms with Crippen molar-refractivity contribution < 1.29 is 4.74 Å². The van der Waals surface area contributed by atoms with Crippen LogP contribution in [-0.2, 0) is 4.74 Å². The summed E-state index contributed by atoms with van der Waals surface area (Å²) in [4.78, 5) is 4.81. The van der Waals surface area contributed by atoms with Crippen LogP contribution in [0.3, 0.4) is 0 Å². The molecule has 2 N–H and O–H groups in total. The van der Waals surface area contributed by atoms with Crippen LogP contribution < -0.4 is 15.5 Å². The molecule has 0 aromatic heterocycles. The molecule has 0 bridgehead atoms. The number of morpholine rings is 1. The molecule has 0 amide bonds. The Balaban J connectivity index is 1.88. The highest BCUT2D eigenvalue weighted by molar-refractivity contribution is 9.10. The molecule has 0 spiro atoms. The highest BCUT2D eigenvalue weighted by atomic mass is 79.9. The van der Waals surface area contributed by atoms with Gasteiger partial charge in [-0.2, -0.15) is 0 Å². The van der Waals surface area contributed by atoms with Gasteiger partial charge in [-0.15, -0.1) is 0 Å². The predicted molar refractivity (Wildman–Crippen MR) is 85.4 cm³/mol. The van der Waals surface area contributed by atoms with Crippen molar-refractivity contribution in [1.82, 2.24) is 0 Å². The molecule has 0 saturated carbocycles. The predicted octanol–water partition coefficient (Wildman–Crippen LogP) is 2.01. The molecule has 20 heavy (non-hydrogen) atoms. The van der Waals surface area contributed by atoms with Gasteiger partial charge in [0, 0.05) is 36.7 Å². The summed E-state index contributed by atoms with van der Waals surface area (Å²) in [7, 11) is 0. The highest BCUT2D eigenvalue weighted by Gasteiger charge is 2.22. The molecule has 1 aromatic rings. The number of nitrogens with zero attached hydrogens (tertiary/aromatic N) is 2. The fourth-order valence-electron chi connectivity index (χ4n) is 2.99. The number of hydrogen-bond donors (Lipinski definition) is 1. The first-order valence-corrected chi connectivity index (χ1v) is 8.08.